The number of carbonyl (C=O) groups is 3. The summed E-state index contributed by atoms with van der Waals surface area (Å²) in [6.45, 7) is 2.45. The number of amides is 3. The zero-order chi connectivity index (χ0) is 30.4. The number of methoxy groups -OCH3 is 2. The first-order valence-corrected chi connectivity index (χ1v) is 16.1. The van der Waals surface area contributed by atoms with Crippen LogP contribution in [0.1, 0.15) is 79.2 Å². The van der Waals surface area contributed by atoms with Gasteiger partial charge in [-0.3, -0.25) is 9.59 Å². The van der Waals surface area contributed by atoms with Crippen molar-refractivity contribution >= 4 is 33.5 Å². The molecule has 10 nitrogen and oxygen atoms in total. The molecule has 42 heavy (non-hydrogen) atoms. The van der Waals surface area contributed by atoms with E-state index in [0.717, 1.165) is 67.3 Å². The second-order valence-corrected chi connectivity index (χ2v) is 12.9. The van der Waals surface area contributed by atoms with Gasteiger partial charge in [-0.1, -0.05) is 31.5 Å². The number of anilines is 1. The van der Waals surface area contributed by atoms with Gasteiger partial charge in [0.25, 0.3) is 0 Å². The zero-order valence-electron chi connectivity index (χ0n) is 24.9. The molecule has 3 N–H and O–H groups in total. The number of nitrogens with two attached hydrogens (primary N) is 1. The number of nitrogens with one attached hydrogen (secondary N) is 1. The molecule has 3 unspecified atom stereocenters. The molecule has 4 rings (SSSR count). The fourth-order valence-electron chi connectivity index (χ4n) is 6.13. The molecule has 0 spiro atoms. The Morgan fingerprint density at radius 2 is 1.86 bits per heavy atom. The normalized spacial score (nSPS) is 17.5. The van der Waals surface area contributed by atoms with Crippen molar-refractivity contribution in [2.24, 2.45) is 9.50 Å². The fourth-order valence-corrected chi connectivity index (χ4v) is 7.06. The number of benzene rings is 2. The molecule has 11 heteroatoms. The first kappa shape index (κ1) is 31.7. The van der Waals surface area contributed by atoms with Gasteiger partial charge in [0.15, 0.2) is 0 Å². The molecule has 0 aromatic heterocycles. The third kappa shape index (κ3) is 7.19. The van der Waals surface area contributed by atoms with E-state index in [-0.39, 0.29) is 42.2 Å². The average molecular weight is 599 g/mol. The van der Waals surface area contributed by atoms with E-state index >= 15 is 0 Å². The van der Waals surface area contributed by atoms with Crippen LogP contribution in [0.25, 0.3) is 0 Å². The van der Waals surface area contributed by atoms with Crippen LogP contribution in [0.4, 0.5) is 10.5 Å². The molecular formula is C31H42N4O6S. The largest absolute Gasteiger partial charge is 0.469 e. The first-order valence-electron chi connectivity index (χ1n) is 14.5. The predicted molar refractivity (Wildman–Crippen MR) is 161 cm³/mol. The molecule has 228 valence electrons. The van der Waals surface area contributed by atoms with Crippen molar-refractivity contribution < 1.29 is 28.1 Å². The van der Waals surface area contributed by atoms with Gasteiger partial charge >= 0.3 is 12.0 Å². The Morgan fingerprint density at radius 1 is 1.12 bits per heavy atom. The molecule has 2 aliphatic carbocycles. The van der Waals surface area contributed by atoms with Gasteiger partial charge in [0.1, 0.15) is 9.92 Å². The van der Waals surface area contributed by atoms with Gasteiger partial charge in [-0.25, -0.2) is 14.1 Å². The van der Waals surface area contributed by atoms with E-state index in [1.54, 1.807) is 38.4 Å². The lowest BCUT2D eigenvalue weighted by molar-refractivity contribution is -0.143. The van der Waals surface area contributed by atoms with Crippen molar-refractivity contribution in [3.63, 3.8) is 0 Å². The summed E-state index contributed by atoms with van der Waals surface area (Å²) in [4.78, 5) is 38.5. The number of urea groups is 1. The molecule has 0 saturated heterocycles. The summed E-state index contributed by atoms with van der Waals surface area (Å²) in [6.07, 6.45) is 6.88. The van der Waals surface area contributed by atoms with Gasteiger partial charge in [0, 0.05) is 38.7 Å². The lowest BCUT2D eigenvalue weighted by Crippen LogP contribution is -2.26. The van der Waals surface area contributed by atoms with E-state index in [1.165, 1.54) is 23.1 Å². The predicted octanol–water partition coefficient (Wildman–Crippen LogP) is 4.86. The van der Waals surface area contributed by atoms with Crippen LogP contribution in [0.2, 0.25) is 0 Å². The number of rotatable bonds is 11. The van der Waals surface area contributed by atoms with Gasteiger partial charge in [0.2, 0.25) is 5.91 Å². The minimum absolute atomic E-state index is 0.0130. The lowest BCUT2D eigenvalue weighted by atomic mass is 9.90. The molecule has 0 radical (unpaired) electrons. The Bertz CT molecular complexity index is 1450. The number of carbonyl (C=O) groups excluding carboxylic acids is 3. The summed E-state index contributed by atoms with van der Waals surface area (Å²) in [7, 11) is 1.17. The molecule has 0 bridgehead atoms. The molecule has 0 heterocycles. The maximum absolute atomic E-state index is 13.4. The van der Waals surface area contributed by atoms with Crippen LogP contribution in [0, 0.1) is 0 Å². The van der Waals surface area contributed by atoms with Crippen molar-refractivity contribution in [1.29, 1.82) is 0 Å². The Morgan fingerprint density at radius 3 is 2.52 bits per heavy atom. The van der Waals surface area contributed by atoms with Crippen LogP contribution in [0.15, 0.2) is 39.6 Å². The van der Waals surface area contributed by atoms with Gasteiger partial charge in [-0.2, -0.15) is 0 Å². The van der Waals surface area contributed by atoms with Crippen LogP contribution in [-0.4, -0.2) is 54.4 Å². The number of esters is 1. The van der Waals surface area contributed by atoms with Gasteiger partial charge < -0.3 is 19.7 Å². The quantitative estimate of drug-likeness (QED) is 0.354. The van der Waals surface area contributed by atoms with Crippen molar-refractivity contribution in [2.75, 3.05) is 26.6 Å². The molecule has 2 aromatic carbocycles. The molecular weight excluding hydrogens is 556 g/mol. The van der Waals surface area contributed by atoms with Crippen molar-refractivity contribution in [3.05, 3.63) is 58.1 Å². The molecule has 3 atom stereocenters. The third-order valence-corrected chi connectivity index (χ3v) is 9.68. The number of hydrogen-bond donors (Lipinski definition) is 2. The minimum atomic E-state index is -3.51. The second-order valence-electron chi connectivity index (χ2n) is 11.1. The number of hydrogen-bond acceptors (Lipinski definition) is 6. The highest BCUT2D eigenvalue weighted by Crippen LogP contribution is 2.45. The fraction of sp³-hybridized carbons (Fsp3) is 0.516. The number of ether oxygens (including phenoxy) is 2. The van der Waals surface area contributed by atoms with Crippen LogP contribution >= 0.6 is 0 Å². The summed E-state index contributed by atoms with van der Waals surface area (Å²) >= 11 is 0. The standard InChI is InChI=1S/C31H42N4O6S/c1-5-7-27(40-3)24-14-15-25-26(24)18-21-8-6-9-23(21)30(25)33-31(38)34-42(32,39)22-12-10-20(11-13-22)19-35(2)28(36)16-17-29(37)41-4/h10-13,18,24,27H,5-9,14-17,19H2,1-4H3,(H3,32,33,34,38,39). The summed E-state index contributed by atoms with van der Waals surface area (Å²) in [6, 6.07) is 8.08. The van der Waals surface area contributed by atoms with Gasteiger partial charge in [-0.15, -0.1) is 4.36 Å². The highest BCUT2D eigenvalue weighted by Gasteiger charge is 2.34. The molecule has 0 aliphatic heterocycles. The summed E-state index contributed by atoms with van der Waals surface area (Å²) in [5.74, 6) is -0.363. The van der Waals surface area contributed by atoms with Crippen LogP contribution in [0.3, 0.4) is 0 Å². The molecule has 2 aliphatic rings. The SMILES string of the molecule is CCCC(OC)C1CCc2c1cc1c(c2NC(=O)N=S(N)(=O)c2ccc(CN(C)C(=O)CCC(=O)OC)cc2)CCC1. The van der Waals surface area contributed by atoms with Crippen molar-refractivity contribution in [2.45, 2.75) is 88.2 Å². The van der Waals surface area contributed by atoms with E-state index in [1.807, 2.05) is 0 Å². The molecule has 2 aromatic rings. The second kappa shape index (κ2) is 13.8. The van der Waals surface area contributed by atoms with Crippen molar-refractivity contribution in [3.8, 4) is 0 Å². The lowest BCUT2D eigenvalue weighted by Gasteiger charge is -2.24. The van der Waals surface area contributed by atoms with Crippen LogP contribution < -0.4 is 10.5 Å². The number of nitrogens with zero attached hydrogens (tertiary/aromatic N) is 2. The van der Waals surface area contributed by atoms with E-state index in [9.17, 15) is 18.6 Å². The third-order valence-electron chi connectivity index (χ3n) is 8.30. The van der Waals surface area contributed by atoms with E-state index in [4.69, 9.17) is 9.88 Å². The summed E-state index contributed by atoms with van der Waals surface area (Å²) in [5, 5.41) is 9.06. The Labute approximate surface area is 248 Å². The maximum Gasteiger partial charge on any atom is 0.354 e. The topological polar surface area (TPSA) is 140 Å². The Kier molecular flexibility index (Phi) is 10.4. The Balaban J connectivity index is 1.49. The van der Waals surface area contributed by atoms with Crippen LogP contribution in [-0.2, 0) is 54.8 Å². The minimum Gasteiger partial charge on any atom is -0.469 e. The smallest absolute Gasteiger partial charge is 0.354 e. The number of aryl methyl sites for hydroxylation is 1. The molecule has 3 amide bonds. The summed E-state index contributed by atoms with van der Waals surface area (Å²) < 4.78 is 27.7. The first-order chi connectivity index (χ1) is 20.1. The molecule has 0 fully saturated rings. The number of fused-ring (bicyclic) bond motifs is 2. The van der Waals surface area contributed by atoms with E-state index < -0.39 is 21.9 Å². The van der Waals surface area contributed by atoms with Crippen LogP contribution in [0.5, 0.6) is 0 Å². The van der Waals surface area contributed by atoms with Crippen molar-refractivity contribution in [1.82, 2.24) is 4.90 Å². The average Bonchev–Trinajstić information content (AvgIpc) is 3.61. The highest BCUT2D eigenvalue weighted by atomic mass is 32.2. The highest BCUT2D eigenvalue weighted by molar-refractivity contribution is 7.91. The maximum atomic E-state index is 13.4. The molecule has 0 saturated carbocycles. The van der Waals surface area contributed by atoms with E-state index in [0.29, 0.717) is 0 Å². The zero-order valence-corrected chi connectivity index (χ0v) is 25.8. The van der Waals surface area contributed by atoms with E-state index in [2.05, 4.69) is 27.4 Å². The summed E-state index contributed by atoms with van der Waals surface area (Å²) in [5.41, 5.74) is 6.33. The van der Waals surface area contributed by atoms with Gasteiger partial charge in [-0.05, 0) is 78.5 Å². The Hall–Kier alpha value is -3.28. The monoisotopic (exact) mass is 598 g/mol. The van der Waals surface area contributed by atoms with Gasteiger partial charge in [0.05, 0.1) is 24.5 Å².